The molecule has 0 aliphatic heterocycles. The van der Waals surface area contributed by atoms with Crippen molar-refractivity contribution in [3.8, 4) is 5.75 Å². The van der Waals surface area contributed by atoms with Gasteiger partial charge in [0.2, 0.25) is 0 Å². The molecule has 116 valence electrons. The summed E-state index contributed by atoms with van der Waals surface area (Å²) in [5.41, 5.74) is 1.26. The maximum Gasteiger partial charge on any atom is 0.125 e. The van der Waals surface area contributed by atoms with Gasteiger partial charge in [0.15, 0.2) is 0 Å². The quantitative estimate of drug-likeness (QED) is 0.813. The fourth-order valence-electron chi connectivity index (χ4n) is 4.51. The predicted octanol–water partition coefficient (Wildman–Crippen LogP) is 4.83. The molecule has 1 aromatic rings. The number of halogens is 1. The lowest BCUT2D eigenvalue weighted by molar-refractivity contribution is 0.277. The molecule has 3 rings (SSSR count). The van der Waals surface area contributed by atoms with Crippen molar-refractivity contribution < 1.29 is 4.74 Å². The molecule has 1 aromatic carbocycles. The summed E-state index contributed by atoms with van der Waals surface area (Å²) in [7, 11) is 1.73. The van der Waals surface area contributed by atoms with Gasteiger partial charge in [0.25, 0.3) is 0 Å². The molecule has 0 radical (unpaired) electrons. The average Bonchev–Trinajstić information content (AvgIpc) is 3.09. The second-order valence-electron chi connectivity index (χ2n) is 6.67. The molecule has 4 unspecified atom stereocenters. The minimum Gasteiger partial charge on any atom is -0.496 e. The summed E-state index contributed by atoms with van der Waals surface area (Å²) in [5, 5.41) is 4.40. The lowest BCUT2D eigenvalue weighted by Crippen LogP contribution is -2.25. The molecular formula is C18H26ClNO. The Morgan fingerprint density at radius 3 is 2.81 bits per heavy atom. The first-order valence-electron chi connectivity index (χ1n) is 8.28. The molecule has 3 heteroatoms. The molecule has 2 aliphatic rings. The number of hydrogen-bond donors (Lipinski definition) is 1. The van der Waals surface area contributed by atoms with Crippen molar-refractivity contribution >= 4 is 11.6 Å². The number of hydrogen-bond acceptors (Lipinski definition) is 2. The van der Waals surface area contributed by atoms with Gasteiger partial charge in [-0.2, -0.15) is 0 Å². The average molecular weight is 308 g/mol. The summed E-state index contributed by atoms with van der Waals surface area (Å²) < 4.78 is 5.56. The smallest absolute Gasteiger partial charge is 0.125 e. The summed E-state index contributed by atoms with van der Waals surface area (Å²) in [4.78, 5) is 0. The molecule has 2 nitrogen and oxygen atoms in total. The van der Waals surface area contributed by atoms with Gasteiger partial charge < -0.3 is 10.1 Å². The third-order valence-electron chi connectivity index (χ3n) is 5.44. The van der Waals surface area contributed by atoms with Crippen molar-refractivity contribution in [2.75, 3.05) is 13.7 Å². The summed E-state index contributed by atoms with van der Waals surface area (Å²) in [6, 6.07) is 6.42. The van der Waals surface area contributed by atoms with Crippen LogP contribution in [0.5, 0.6) is 5.75 Å². The number of ether oxygens (including phenoxy) is 1. The molecule has 21 heavy (non-hydrogen) atoms. The van der Waals surface area contributed by atoms with Crippen LogP contribution in [0.25, 0.3) is 0 Å². The third-order valence-corrected chi connectivity index (χ3v) is 5.68. The second kappa shape index (κ2) is 6.58. The Labute approximate surface area is 133 Å². The molecule has 2 fully saturated rings. The maximum atomic E-state index is 6.10. The van der Waals surface area contributed by atoms with Gasteiger partial charge in [0.1, 0.15) is 5.75 Å². The molecular weight excluding hydrogens is 282 g/mol. The van der Waals surface area contributed by atoms with Crippen LogP contribution in [0.15, 0.2) is 18.2 Å². The molecule has 0 amide bonds. The number of benzene rings is 1. The first-order valence-corrected chi connectivity index (χ1v) is 8.65. The van der Waals surface area contributed by atoms with Crippen molar-refractivity contribution in [3.63, 3.8) is 0 Å². The van der Waals surface area contributed by atoms with Crippen LogP contribution in [0.1, 0.15) is 50.6 Å². The van der Waals surface area contributed by atoms with Gasteiger partial charge in [-0.3, -0.25) is 0 Å². The van der Waals surface area contributed by atoms with Gasteiger partial charge in [0.05, 0.1) is 7.11 Å². The van der Waals surface area contributed by atoms with E-state index in [-0.39, 0.29) is 0 Å². The monoisotopic (exact) mass is 307 g/mol. The van der Waals surface area contributed by atoms with E-state index in [4.69, 9.17) is 16.3 Å². The van der Waals surface area contributed by atoms with Crippen molar-refractivity contribution in [2.45, 2.75) is 45.1 Å². The van der Waals surface area contributed by atoms with Crippen LogP contribution in [-0.4, -0.2) is 13.7 Å². The summed E-state index contributed by atoms with van der Waals surface area (Å²) in [6.07, 6.45) is 7.06. The normalized spacial score (nSPS) is 28.8. The number of rotatable bonds is 6. The predicted molar refractivity (Wildman–Crippen MR) is 88.0 cm³/mol. The van der Waals surface area contributed by atoms with E-state index >= 15 is 0 Å². The SMILES string of the molecule is CCNC(CC1CC2CCC1C2)c1ccc(Cl)cc1OC. The Hall–Kier alpha value is -0.730. The topological polar surface area (TPSA) is 21.3 Å². The van der Waals surface area contributed by atoms with E-state index in [1.54, 1.807) is 7.11 Å². The van der Waals surface area contributed by atoms with E-state index in [9.17, 15) is 0 Å². The Morgan fingerprint density at radius 2 is 2.19 bits per heavy atom. The van der Waals surface area contributed by atoms with Crippen LogP contribution < -0.4 is 10.1 Å². The lowest BCUT2D eigenvalue weighted by Gasteiger charge is -2.28. The zero-order valence-corrected chi connectivity index (χ0v) is 13.8. The van der Waals surface area contributed by atoms with Crippen LogP contribution in [0.4, 0.5) is 0 Å². The Balaban J connectivity index is 1.77. The molecule has 2 saturated carbocycles. The molecule has 2 aliphatic carbocycles. The highest BCUT2D eigenvalue weighted by atomic mass is 35.5. The Bertz CT molecular complexity index is 490. The highest BCUT2D eigenvalue weighted by Crippen LogP contribution is 2.51. The minimum atomic E-state index is 0.381. The maximum absolute atomic E-state index is 6.10. The van der Waals surface area contributed by atoms with Gasteiger partial charge in [0, 0.05) is 16.6 Å². The standard InChI is InChI=1S/C18H26ClNO/c1-3-20-17(10-14-9-12-4-5-13(14)8-12)16-7-6-15(19)11-18(16)21-2/h6-7,11-14,17,20H,3-5,8-10H2,1-2H3. The molecule has 1 N–H and O–H groups in total. The van der Waals surface area contributed by atoms with Crippen LogP contribution in [0.3, 0.4) is 0 Å². The highest BCUT2D eigenvalue weighted by Gasteiger charge is 2.40. The van der Waals surface area contributed by atoms with Gasteiger partial charge in [-0.1, -0.05) is 31.0 Å². The van der Waals surface area contributed by atoms with E-state index in [1.807, 2.05) is 12.1 Å². The van der Waals surface area contributed by atoms with Crippen LogP contribution >= 0.6 is 11.6 Å². The first kappa shape index (κ1) is 15.2. The van der Waals surface area contributed by atoms with E-state index in [1.165, 1.54) is 37.7 Å². The van der Waals surface area contributed by atoms with E-state index in [0.717, 1.165) is 35.1 Å². The molecule has 0 saturated heterocycles. The molecule has 0 heterocycles. The second-order valence-corrected chi connectivity index (χ2v) is 7.10. The summed E-state index contributed by atoms with van der Waals surface area (Å²) >= 11 is 6.10. The molecule has 4 atom stereocenters. The third kappa shape index (κ3) is 3.22. The van der Waals surface area contributed by atoms with Gasteiger partial charge in [-0.25, -0.2) is 0 Å². The van der Waals surface area contributed by atoms with Crippen LogP contribution in [0, 0.1) is 17.8 Å². The van der Waals surface area contributed by atoms with Gasteiger partial charge in [-0.05, 0) is 62.1 Å². The summed E-state index contributed by atoms with van der Waals surface area (Å²) in [5.74, 6) is 3.77. The summed E-state index contributed by atoms with van der Waals surface area (Å²) in [6.45, 7) is 3.16. The van der Waals surface area contributed by atoms with E-state index in [0.29, 0.717) is 6.04 Å². The fourth-order valence-corrected chi connectivity index (χ4v) is 4.67. The molecule has 0 spiro atoms. The van der Waals surface area contributed by atoms with Crippen LogP contribution in [-0.2, 0) is 0 Å². The fraction of sp³-hybridized carbons (Fsp3) is 0.667. The first-order chi connectivity index (χ1) is 10.2. The Kier molecular flexibility index (Phi) is 4.75. The van der Waals surface area contributed by atoms with Gasteiger partial charge >= 0.3 is 0 Å². The largest absolute Gasteiger partial charge is 0.496 e. The van der Waals surface area contributed by atoms with Crippen molar-refractivity contribution in [2.24, 2.45) is 17.8 Å². The lowest BCUT2D eigenvalue weighted by atomic mass is 9.82. The van der Waals surface area contributed by atoms with Crippen molar-refractivity contribution in [1.29, 1.82) is 0 Å². The zero-order chi connectivity index (χ0) is 14.8. The minimum absolute atomic E-state index is 0.381. The number of methoxy groups -OCH3 is 1. The van der Waals surface area contributed by atoms with E-state index in [2.05, 4.69) is 18.3 Å². The van der Waals surface area contributed by atoms with Crippen molar-refractivity contribution in [3.05, 3.63) is 28.8 Å². The highest BCUT2D eigenvalue weighted by molar-refractivity contribution is 6.30. The zero-order valence-electron chi connectivity index (χ0n) is 13.1. The van der Waals surface area contributed by atoms with E-state index < -0.39 is 0 Å². The number of nitrogens with one attached hydrogen (secondary N) is 1. The van der Waals surface area contributed by atoms with Crippen LogP contribution in [0.2, 0.25) is 5.02 Å². The molecule has 2 bridgehead atoms. The Morgan fingerprint density at radius 1 is 1.33 bits per heavy atom. The van der Waals surface area contributed by atoms with Crippen molar-refractivity contribution in [1.82, 2.24) is 5.32 Å². The number of fused-ring (bicyclic) bond motifs is 2. The van der Waals surface area contributed by atoms with Gasteiger partial charge in [-0.15, -0.1) is 0 Å². The molecule has 0 aromatic heterocycles.